The van der Waals surface area contributed by atoms with Crippen LogP contribution in [0.4, 0.5) is 5.69 Å². The van der Waals surface area contributed by atoms with Crippen molar-refractivity contribution >= 4 is 38.9 Å². The van der Waals surface area contributed by atoms with Gasteiger partial charge < -0.3 is 5.32 Å². The van der Waals surface area contributed by atoms with E-state index in [0.29, 0.717) is 22.3 Å². The standard InChI is InChI=1S/C14H14Cl2N2O2S/c1-17-21(19,20)14-5-3-2-4-13(14)18-9-10-6-7-11(15)12(16)8-10/h2-8,17-18H,9H2,1H3. The maximum Gasteiger partial charge on any atom is 0.242 e. The fourth-order valence-corrected chi connectivity index (χ4v) is 3.03. The lowest BCUT2D eigenvalue weighted by molar-refractivity contribution is 0.588. The van der Waals surface area contributed by atoms with Gasteiger partial charge in [0.25, 0.3) is 0 Å². The van der Waals surface area contributed by atoms with Crippen molar-refractivity contribution < 1.29 is 8.42 Å². The average molecular weight is 345 g/mol. The SMILES string of the molecule is CNS(=O)(=O)c1ccccc1NCc1ccc(Cl)c(Cl)c1. The van der Waals surface area contributed by atoms with Crippen LogP contribution in [0.1, 0.15) is 5.56 Å². The highest BCUT2D eigenvalue weighted by Gasteiger charge is 2.15. The van der Waals surface area contributed by atoms with E-state index < -0.39 is 10.0 Å². The van der Waals surface area contributed by atoms with E-state index in [9.17, 15) is 8.42 Å². The fraction of sp³-hybridized carbons (Fsp3) is 0.143. The minimum absolute atomic E-state index is 0.201. The van der Waals surface area contributed by atoms with Crippen LogP contribution >= 0.6 is 23.2 Å². The zero-order valence-corrected chi connectivity index (χ0v) is 13.6. The molecule has 2 aromatic rings. The Kier molecular flexibility index (Phi) is 5.11. The summed E-state index contributed by atoms with van der Waals surface area (Å²) < 4.78 is 26.2. The van der Waals surface area contributed by atoms with Crippen LogP contribution in [0.15, 0.2) is 47.4 Å². The number of halogens is 2. The van der Waals surface area contributed by atoms with Gasteiger partial charge in [0.05, 0.1) is 15.7 Å². The number of benzene rings is 2. The molecule has 7 heteroatoms. The summed E-state index contributed by atoms with van der Waals surface area (Å²) in [5.41, 5.74) is 1.43. The van der Waals surface area contributed by atoms with Crippen molar-refractivity contribution in [1.82, 2.24) is 4.72 Å². The van der Waals surface area contributed by atoms with Gasteiger partial charge in [0.2, 0.25) is 10.0 Å². The van der Waals surface area contributed by atoms with Gasteiger partial charge in [-0.15, -0.1) is 0 Å². The van der Waals surface area contributed by atoms with E-state index in [0.717, 1.165) is 5.56 Å². The molecule has 0 saturated heterocycles. The van der Waals surface area contributed by atoms with Crippen LogP contribution in [0, 0.1) is 0 Å². The molecule has 2 aromatic carbocycles. The number of hydrogen-bond donors (Lipinski definition) is 2. The maximum absolute atomic E-state index is 11.9. The molecule has 21 heavy (non-hydrogen) atoms. The van der Waals surface area contributed by atoms with Crippen LogP contribution in [0.3, 0.4) is 0 Å². The van der Waals surface area contributed by atoms with E-state index in [1.54, 1.807) is 36.4 Å². The van der Waals surface area contributed by atoms with Gasteiger partial charge >= 0.3 is 0 Å². The molecule has 112 valence electrons. The molecular weight excluding hydrogens is 331 g/mol. The minimum Gasteiger partial charge on any atom is -0.380 e. The molecule has 0 radical (unpaired) electrons. The van der Waals surface area contributed by atoms with E-state index in [-0.39, 0.29) is 4.90 Å². The molecule has 0 aliphatic heterocycles. The predicted molar refractivity (Wildman–Crippen MR) is 86.5 cm³/mol. The second kappa shape index (κ2) is 6.66. The molecule has 0 unspecified atom stereocenters. The third-order valence-corrected chi connectivity index (χ3v) is 5.12. The fourth-order valence-electron chi connectivity index (χ4n) is 1.80. The number of sulfonamides is 1. The van der Waals surface area contributed by atoms with Crippen molar-refractivity contribution in [2.45, 2.75) is 11.4 Å². The Morgan fingerprint density at radius 3 is 2.43 bits per heavy atom. The average Bonchev–Trinajstić information content (AvgIpc) is 2.49. The number of nitrogens with one attached hydrogen (secondary N) is 2. The van der Waals surface area contributed by atoms with Crippen LogP contribution in [0.25, 0.3) is 0 Å². The Morgan fingerprint density at radius 1 is 1.05 bits per heavy atom. The maximum atomic E-state index is 11.9. The molecule has 0 amide bonds. The largest absolute Gasteiger partial charge is 0.380 e. The molecular formula is C14H14Cl2N2O2S. The zero-order valence-electron chi connectivity index (χ0n) is 11.2. The summed E-state index contributed by atoms with van der Waals surface area (Å²) in [6.07, 6.45) is 0. The van der Waals surface area contributed by atoms with Gasteiger partial charge in [-0.2, -0.15) is 0 Å². The van der Waals surface area contributed by atoms with E-state index >= 15 is 0 Å². The Bertz CT molecular complexity index is 748. The van der Waals surface area contributed by atoms with Gasteiger partial charge in [-0.1, -0.05) is 41.4 Å². The molecule has 0 aromatic heterocycles. The van der Waals surface area contributed by atoms with Gasteiger partial charge in [0, 0.05) is 6.54 Å². The molecule has 0 heterocycles. The van der Waals surface area contributed by atoms with E-state index in [4.69, 9.17) is 23.2 Å². The first-order chi connectivity index (χ1) is 9.94. The highest BCUT2D eigenvalue weighted by Crippen LogP contribution is 2.24. The summed E-state index contributed by atoms with van der Waals surface area (Å²) in [4.78, 5) is 0.201. The van der Waals surface area contributed by atoms with Crippen molar-refractivity contribution in [3.05, 3.63) is 58.1 Å². The summed E-state index contributed by atoms with van der Waals surface area (Å²) in [5, 5.41) is 4.05. The van der Waals surface area contributed by atoms with E-state index in [1.165, 1.54) is 7.05 Å². The van der Waals surface area contributed by atoms with Crippen LogP contribution in [-0.4, -0.2) is 15.5 Å². The lowest BCUT2D eigenvalue weighted by Crippen LogP contribution is -2.20. The summed E-state index contributed by atoms with van der Waals surface area (Å²) in [7, 11) is -2.13. The minimum atomic E-state index is -3.51. The van der Waals surface area contributed by atoms with Crippen molar-refractivity contribution in [1.29, 1.82) is 0 Å². The van der Waals surface area contributed by atoms with Gasteiger partial charge in [0.1, 0.15) is 4.90 Å². The number of rotatable bonds is 5. The molecule has 0 bridgehead atoms. The van der Waals surface area contributed by atoms with Gasteiger partial charge in [-0.25, -0.2) is 13.1 Å². The smallest absolute Gasteiger partial charge is 0.242 e. The number of para-hydroxylation sites is 1. The second-order valence-corrected chi connectivity index (χ2v) is 6.98. The van der Waals surface area contributed by atoms with Crippen LogP contribution in [-0.2, 0) is 16.6 Å². The Morgan fingerprint density at radius 2 is 1.76 bits per heavy atom. The predicted octanol–water partition coefficient (Wildman–Crippen LogP) is 3.51. The molecule has 2 N–H and O–H groups in total. The first-order valence-electron chi connectivity index (χ1n) is 6.14. The highest BCUT2D eigenvalue weighted by molar-refractivity contribution is 7.89. The lowest BCUT2D eigenvalue weighted by atomic mass is 10.2. The summed E-state index contributed by atoms with van der Waals surface area (Å²) in [6, 6.07) is 12.0. The molecule has 4 nitrogen and oxygen atoms in total. The normalized spacial score (nSPS) is 11.4. The Labute approximate surface area is 134 Å². The Hall–Kier alpha value is -1.27. The van der Waals surface area contributed by atoms with Crippen molar-refractivity contribution in [3.63, 3.8) is 0 Å². The van der Waals surface area contributed by atoms with Crippen molar-refractivity contribution in [2.24, 2.45) is 0 Å². The topological polar surface area (TPSA) is 58.2 Å². The third-order valence-electron chi connectivity index (χ3n) is 2.91. The van der Waals surface area contributed by atoms with E-state index in [1.807, 2.05) is 6.07 Å². The van der Waals surface area contributed by atoms with Crippen LogP contribution < -0.4 is 10.0 Å². The highest BCUT2D eigenvalue weighted by atomic mass is 35.5. The third kappa shape index (κ3) is 3.89. The molecule has 2 rings (SSSR count). The van der Waals surface area contributed by atoms with Crippen LogP contribution in [0.2, 0.25) is 10.0 Å². The van der Waals surface area contributed by atoms with Crippen molar-refractivity contribution in [3.8, 4) is 0 Å². The molecule has 0 spiro atoms. The molecule has 0 fully saturated rings. The van der Waals surface area contributed by atoms with Gasteiger partial charge in [0.15, 0.2) is 0 Å². The first kappa shape index (κ1) is 16.1. The number of anilines is 1. The Balaban J connectivity index is 2.23. The molecule has 0 aliphatic rings. The lowest BCUT2D eigenvalue weighted by Gasteiger charge is -2.12. The summed E-state index contributed by atoms with van der Waals surface area (Å²) in [6.45, 7) is 0.438. The quantitative estimate of drug-likeness (QED) is 0.872. The first-order valence-corrected chi connectivity index (χ1v) is 8.38. The molecule has 0 atom stereocenters. The second-order valence-electron chi connectivity index (χ2n) is 4.31. The zero-order chi connectivity index (χ0) is 15.5. The number of hydrogen-bond acceptors (Lipinski definition) is 3. The van der Waals surface area contributed by atoms with Gasteiger partial charge in [-0.3, -0.25) is 0 Å². The van der Waals surface area contributed by atoms with Crippen LogP contribution in [0.5, 0.6) is 0 Å². The summed E-state index contributed by atoms with van der Waals surface area (Å²) >= 11 is 11.8. The molecule has 0 saturated carbocycles. The monoisotopic (exact) mass is 344 g/mol. The molecule has 0 aliphatic carbocycles. The van der Waals surface area contributed by atoms with Gasteiger partial charge in [-0.05, 0) is 36.9 Å². The van der Waals surface area contributed by atoms with Crippen molar-refractivity contribution in [2.75, 3.05) is 12.4 Å². The van der Waals surface area contributed by atoms with E-state index in [2.05, 4.69) is 10.0 Å². The summed E-state index contributed by atoms with van der Waals surface area (Å²) in [5.74, 6) is 0.